The molecule has 0 radical (unpaired) electrons. The number of methoxy groups -OCH3 is 1. The van der Waals surface area contributed by atoms with Crippen LogP contribution >= 0.6 is 0 Å². The highest BCUT2D eigenvalue weighted by Crippen LogP contribution is 2.43. The number of hydrogen-bond donors (Lipinski definition) is 1. The van der Waals surface area contributed by atoms with E-state index in [2.05, 4.69) is 49.4 Å². The Labute approximate surface area is 255 Å². The van der Waals surface area contributed by atoms with Gasteiger partial charge in [-0.15, -0.1) is 0 Å². The lowest BCUT2D eigenvalue weighted by atomic mass is 9.91. The lowest BCUT2D eigenvalue weighted by Gasteiger charge is -2.39. The monoisotopic (exact) mass is 602 g/mol. The van der Waals surface area contributed by atoms with E-state index in [4.69, 9.17) is 9.57 Å². The molecular weight excluding hydrogens is 566 g/mol. The van der Waals surface area contributed by atoms with Gasteiger partial charge in [-0.1, -0.05) is 12.1 Å². The number of rotatable bonds is 7. The van der Waals surface area contributed by atoms with Gasteiger partial charge in [0.25, 0.3) is 0 Å². The molecule has 3 aliphatic rings. The third kappa shape index (κ3) is 5.22. The summed E-state index contributed by atoms with van der Waals surface area (Å²) in [6.07, 6.45) is 8.23. The summed E-state index contributed by atoms with van der Waals surface area (Å²) in [5.74, 6) is 0.577. The normalized spacial score (nSPS) is 22.0. The summed E-state index contributed by atoms with van der Waals surface area (Å²) in [7, 11) is 5.80. The first kappa shape index (κ1) is 28.5. The number of ether oxygens (including phenoxy) is 1. The van der Waals surface area contributed by atoms with Gasteiger partial charge >= 0.3 is 0 Å². The second kappa shape index (κ2) is 11.7. The molecule has 2 unspecified atom stereocenters. The summed E-state index contributed by atoms with van der Waals surface area (Å²) >= 11 is 0. The van der Waals surface area contributed by atoms with Gasteiger partial charge in [-0.25, -0.2) is 23.8 Å². The Morgan fingerprint density at radius 1 is 1.05 bits per heavy atom. The van der Waals surface area contributed by atoms with Crippen molar-refractivity contribution in [3.05, 3.63) is 72.3 Å². The van der Waals surface area contributed by atoms with E-state index in [-0.39, 0.29) is 5.56 Å². The molecule has 1 N–H and O–H groups in total. The molecule has 4 aromatic rings. The number of likely N-dealkylation sites (N-methyl/N-ethyl adjacent to an activating group) is 1. The fourth-order valence-electron chi connectivity index (χ4n) is 6.89. The first-order valence-corrected chi connectivity index (χ1v) is 15.0. The van der Waals surface area contributed by atoms with Crippen molar-refractivity contribution in [1.29, 1.82) is 0 Å². The molecule has 5 heterocycles. The summed E-state index contributed by atoms with van der Waals surface area (Å²) in [5.41, 5.74) is 4.10. The van der Waals surface area contributed by atoms with Gasteiger partial charge in [-0.2, -0.15) is 5.10 Å². The SMILES string of the molecule is COc1cc(N2CCC3CCN(C)C3C2)c(-c2cnn(C)c2)cc1Nc1cc(N2OCC[C@@H]2c2cccc(F)c2F)ncn1. The van der Waals surface area contributed by atoms with Crippen molar-refractivity contribution in [3.63, 3.8) is 0 Å². The maximum absolute atomic E-state index is 14.7. The second-order valence-electron chi connectivity index (χ2n) is 11.8. The summed E-state index contributed by atoms with van der Waals surface area (Å²) in [6, 6.07) is 10.1. The van der Waals surface area contributed by atoms with Crippen molar-refractivity contribution >= 4 is 23.0 Å². The van der Waals surface area contributed by atoms with Crippen LogP contribution in [0.5, 0.6) is 5.75 Å². The highest BCUT2D eigenvalue weighted by molar-refractivity contribution is 5.85. The summed E-state index contributed by atoms with van der Waals surface area (Å²) in [5, 5.41) is 9.38. The Morgan fingerprint density at radius 2 is 1.91 bits per heavy atom. The molecule has 0 aliphatic carbocycles. The number of hydroxylamine groups is 1. The topological polar surface area (TPSA) is 83.8 Å². The van der Waals surface area contributed by atoms with E-state index < -0.39 is 17.7 Å². The molecule has 2 aromatic carbocycles. The lowest BCUT2D eigenvalue weighted by Crippen LogP contribution is -2.47. The van der Waals surface area contributed by atoms with Crippen LogP contribution < -0.4 is 20.0 Å². The maximum atomic E-state index is 14.7. The van der Waals surface area contributed by atoms with E-state index in [0.717, 1.165) is 60.5 Å². The van der Waals surface area contributed by atoms with Crippen LogP contribution in [0.3, 0.4) is 0 Å². The molecule has 3 fully saturated rings. The van der Waals surface area contributed by atoms with E-state index in [0.29, 0.717) is 36.5 Å². The summed E-state index contributed by atoms with van der Waals surface area (Å²) < 4.78 is 36.4. The fourth-order valence-corrected chi connectivity index (χ4v) is 6.89. The molecule has 230 valence electrons. The van der Waals surface area contributed by atoms with Crippen molar-refractivity contribution in [2.75, 3.05) is 55.7 Å². The standard InChI is InChI=1S/C32H36F2N8O2/c1-39-10-7-20-8-11-41(18-28(20)39)27-14-29(43-3)25(13-23(27)21-16-37-40(2)17-21)38-30-15-31(36-19-35-30)42-26(9-12-44-42)22-5-4-6-24(33)32(22)34/h4-6,13-17,19-20,26,28H,7-12,18H2,1-3H3,(H,35,36,38)/t20?,26-,28?/m1/s1. The second-order valence-corrected chi connectivity index (χ2v) is 11.8. The molecule has 3 saturated heterocycles. The molecule has 10 nitrogen and oxygen atoms in total. The van der Waals surface area contributed by atoms with Gasteiger partial charge in [0.1, 0.15) is 17.9 Å². The van der Waals surface area contributed by atoms with Crippen molar-refractivity contribution < 1.29 is 18.4 Å². The van der Waals surface area contributed by atoms with Crippen molar-refractivity contribution in [3.8, 4) is 16.9 Å². The minimum absolute atomic E-state index is 0.224. The number of hydrogen-bond acceptors (Lipinski definition) is 9. The molecule has 0 amide bonds. The molecule has 44 heavy (non-hydrogen) atoms. The Hall–Kier alpha value is -4.29. The molecule has 2 aromatic heterocycles. The first-order chi connectivity index (χ1) is 21.4. The number of anilines is 4. The molecule has 3 aliphatic heterocycles. The maximum Gasteiger partial charge on any atom is 0.164 e. The fraction of sp³-hybridized carbons (Fsp3) is 0.406. The predicted octanol–water partition coefficient (Wildman–Crippen LogP) is 5.32. The van der Waals surface area contributed by atoms with Gasteiger partial charge < -0.3 is 19.9 Å². The van der Waals surface area contributed by atoms with Gasteiger partial charge in [0.15, 0.2) is 17.5 Å². The zero-order valence-corrected chi connectivity index (χ0v) is 25.1. The van der Waals surface area contributed by atoms with Crippen LogP contribution in [-0.4, -0.2) is 71.1 Å². The van der Waals surface area contributed by atoms with Gasteiger partial charge in [0.05, 0.1) is 31.6 Å². The number of halogens is 2. The molecule has 0 bridgehead atoms. The Morgan fingerprint density at radius 3 is 2.73 bits per heavy atom. The lowest BCUT2D eigenvalue weighted by molar-refractivity contribution is 0.156. The number of likely N-dealkylation sites (tertiary alicyclic amines) is 1. The van der Waals surface area contributed by atoms with Gasteiger partial charge in [0, 0.05) is 73.3 Å². The minimum atomic E-state index is -0.890. The van der Waals surface area contributed by atoms with Gasteiger partial charge in [-0.05, 0) is 44.5 Å². The number of aromatic nitrogens is 4. The van der Waals surface area contributed by atoms with E-state index >= 15 is 0 Å². The Kier molecular flexibility index (Phi) is 7.55. The van der Waals surface area contributed by atoms with Crippen LogP contribution in [0, 0.1) is 17.6 Å². The van der Waals surface area contributed by atoms with Gasteiger partial charge in [0.2, 0.25) is 0 Å². The number of aryl methyl sites for hydroxylation is 1. The molecular formula is C32H36F2N8O2. The van der Waals surface area contributed by atoms with Crippen LogP contribution in [-0.2, 0) is 11.9 Å². The van der Waals surface area contributed by atoms with Crippen molar-refractivity contribution in [2.45, 2.75) is 31.3 Å². The Bertz CT molecular complexity index is 1670. The zero-order valence-electron chi connectivity index (χ0n) is 25.1. The van der Waals surface area contributed by atoms with Crippen LogP contribution in [0.25, 0.3) is 11.1 Å². The predicted molar refractivity (Wildman–Crippen MR) is 164 cm³/mol. The highest BCUT2D eigenvalue weighted by Gasteiger charge is 2.37. The summed E-state index contributed by atoms with van der Waals surface area (Å²) in [4.78, 5) is 19.6. The number of benzene rings is 2. The third-order valence-electron chi connectivity index (χ3n) is 9.20. The largest absolute Gasteiger partial charge is 0.494 e. The average Bonchev–Trinajstić information content (AvgIpc) is 3.79. The summed E-state index contributed by atoms with van der Waals surface area (Å²) in [6.45, 7) is 3.44. The molecule has 0 spiro atoms. The smallest absolute Gasteiger partial charge is 0.164 e. The van der Waals surface area contributed by atoms with Gasteiger partial charge in [-0.3, -0.25) is 9.52 Å². The van der Waals surface area contributed by atoms with Crippen molar-refractivity contribution in [1.82, 2.24) is 24.6 Å². The molecule has 0 saturated carbocycles. The van der Waals surface area contributed by atoms with E-state index in [9.17, 15) is 8.78 Å². The van der Waals surface area contributed by atoms with Crippen LogP contribution in [0.4, 0.5) is 31.8 Å². The van der Waals surface area contributed by atoms with Crippen LogP contribution in [0.1, 0.15) is 30.9 Å². The molecule has 12 heteroatoms. The minimum Gasteiger partial charge on any atom is -0.494 e. The van der Waals surface area contributed by atoms with E-state index in [1.165, 1.54) is 23.9 Å². The van der Waals surface area contributed by atoms with Crippen molar-refractivity contribution in [2.24, 2.45) is 13.0 Å². The zero-order chi connectivity index (χ0) is 30.4. The van der Waals surface area contributed by atoms with E-state index in [1.54, 1.807) is 23.9 Å². The number of piperidine rings is 1. The molecule has 3 atom stereocenters. The first-order valence-electron chi connectivity index (χ1n) is 15.0. The van der Waals surface area contributed by atoms with Crippen LogP contribution in [0.2, 0.25) is 0 Å². The number of fused-ring (bicyclic) bond motifs is 1. The number of nitrogens with zero attached hydrogens (tertiary/aromatic N) is 7. The third-order valence-corrected chi connectivity index (χ3v) is 9.20. The van der Waals surface area contributed by atoms with Crippen LogP contribution in [0.15, 0.2) is 55.1 Å². The Balaban J connectivity index is 1.21. The number of nitrogens with one attached hydrogen (secondary N) is 1. The average molecular weight is 603 g/mol. The van der Waals surface area contributed by atoms with E-state index in [1.807, 2.05) is 19.4 Å². The quantitative estimate of drug-likeness (QED) is 0.302. The highest BCUT2D eigenvalue weighted by atomic mass is 19.2. The molecule has 7 rings (SSSR count).